The number of para-hydroxylation sites is 1. The maximum absolute atomic E-state index is 14.3. The first-order chi connectivity index (χ1) is 38.5. The molecular formula is C54H86N14O14. The topological polar surface area (TPSA) is 474 Å². The number of aromatic amines is 1. The molecule has 0 radical (unpaired) electrons. The molecule has 19 N–H and O–H groups in total. The number of aromatic nitrogens is 1. The number of aliphatic carboxylic acids is 2. The third-order valence-electron chi connectivity index (χ3n) is 13.6. The van der Waals surface area contributed by atoms with Crippen LogP contribution in [0.15, 0.2) is 35.5 Å². The summed E-state index contributed by atoms with van der Waals surface area (Å²) >= 11 is 0. The zero-order valence-electron chi connectivity index (χ0n) is 48.0. The maximum atomic E-state index is 14.3. The Hall–Kier alpha value is -8.17. The molecule has 0 saturated heterocycles. The number of nitrogens with one attached hydrogen (secondary N) is 9. The second kappa shape index (κ2) is 34.9. The summed E-state index contributed by atoms with van der Waals surface area (Å²) < 4.78 is 0. The second-order valence-corrected chi connectivity index (χ2v) is 21.4. The van der Waals surface area contributed by atoms with Crippen molar-refractivity contribution in [2.24, 2.45) is 51.6 Å². The van der Waals surface area contributed by atoms with Crippen LogP contribution in [0.1, 0.15) is 125 Å². The Morgan fingerprint density at radius 1 is 0.585 bits per heavy atom. The van der Waals surface area contributed by atoms with E-state index >= 15 is 0 Å². The highest BCUT2D eigenvalue weighted by Crippen LogP contribution is 2.20. The average Bonchev–Trinajstić information content (AvgIpc) is 3.83. The van der Waals surface area contributed by atoms with E-state index in [1.165, 1.54) is 0 Å². The molecule has 0 bridgehead atoms. The first-order valence-corrected chi connectivity index (χ1v) is 27.5. The lowest BCUT2D eigenvalue weighted by molar-refractivity contribution is -0.142. The second-order valence-electron chi connectivity index (χ2n) is 21.4. The molecule has 0 aliphatic rings. The number of rotatable bonds is 38. The van der Waals surface area contributed by atoms with Crippen LogP contribution in [0.3, 0.4) is 0 Å². The fourth-order valence-electron chi connectivity index (χ4n) is 8.52. The molecule has 11 atom stereocenters. The molecule has 28 heteroatoms. The first-order valence-electron chi connectivity index (χ1n) is 27.5. The number of nitrogens with two attached hydrogens (primary N) is 4. The Morgan fingerprint density at radius 3 is 1.55 bits per heavy atom. The summed E-state index contributed by atoms with van der Waals surface area (Å²) in [5.74, 6) is -13.4. The van der Waals surface area contributed by atoms with E-state index in [1.54, 1.807) is 60.7 Å². The Balaban J connectivity index is 2.44. The van der Waals surface area contributed by atoms with Crippen LogP contribution in [-0.4, -0.2) is 153 Å². The van der Waals surface area contributed by atoms with Gasteiger partial charge in [-0.05, 0) is 67.4 Å². The minimum absolute atomic E-state index is 0.0207. The number of carboxylic acid groups (broad SMARTS) is 2. The van der Waals surface area contributed by atoms with Gasteiger partial charge in [-0.1, -0.05) is 86.4 Å². The zero-order chi connectivity index (χ0) is 62.0. The highest BCUT2D eigenvalue weighted by atomic mass is 16.4. The predicted molar refractivity (Wildman–Crippen MR) is 302 cm³/mol. The van der Waals surface area contributed by atoms with Crippen LogP contribution in [0, 0.1) is 23.7 Å². The summed E-state index contributed by atoms with van der Waals surface area (Å²) in [7, 11) is 0. The van der Waals surface area contributed by atoms with Crippen molar-refractivity contribution in [2.45, 2.75) is 180 Å². The van der Waals surface area contributed by atoms with Crippen LogP contribution in [0.25, 0.3) is 10.9 Å². The van der Waals surface area contributed by atoms with Gasteiger partial charge in [0.15, 0.2) is 5.96 Å². The molecule has 0 fully saturated rings. The largest absolute Gasteiger partial charge is 0.481 e. The van der Waals surface area contributed by atoms with Gasteiger partial charge in [0, 0.05) is 36.5 Å². The first kappa shape index (κ1) is 69.9. The van der Waals surface area contributed by atoms with Gasteiger partial charge in [0.1, 0.15) is 48.6 Å². The Bertz CT molecular complexity index is 2570. The van der Waals surface area contributed by atoms with Gasteiger partial charge < -0.3 is 85.5 Å². The number of amides is 9. The molecule has 82 heavy (non-hydrogen) atoms. The number of aliphatic imine (C=N–C) groups is 1. The summed E-state index contributed by atoms with van der Waals surface area (Å²) in [6.45, 7) is 13.9. The highest BCUT2D eigenvalue weighted by Gasteiger charge is 2.38. The van der Waals surface area contributed by atoms with Crippen molar-refractivity contribution in [1.29, 1.82) is 0 Å². The number of hydrogen-bond donors (Lipinski definition) is 15. The lowest BCUT2D eigenvalue weighted by Gasteiger charge is -2.30. The number of benzene rings is 1. The highest BCUT2D eigenvalue weighted by molar-refractivity contribution is 5.99. The van der Waals surface area contributed by atoms with Gasteiger partial charge in [-0.25, -0.2) is 0 Å². The SMILES string of the molecule is CC[C@H](C)[C@H](NC(=O)[C@H](CC(=O)O)NC(=O)[C@H](CCC(N)=O)NC(=O)[C@@H](N)CCCN=C(N)N)C(=O)N[C@@H](CC(C)C)C(=O)N[C@@H](CC(=O)O)C(=O)N[C@@H](CC(C)C)C(=O)N[C@@H](Cc1c[nH]c2ccccc12)C(=O)N[C@H](C=O)[C@@H](C)CC. The molecule has 9 amide bonds. The number of guanidine groups is 1. The normalized spacial score (nSPS) is 15.3. The number of carbonyl (C=O) groups is 12. The zero-order valence-corrected chi connectivity index (χ0v) is 48.0. The molecule has 0 spiro atoms. The minimum atomic E-state index is -1.88. The number of fused-ring (bicyclic) bond motifs is 1. The van der Waals surface area contributed by atoms with Gasteiger partial charge >= 0.3 is 11.9 Å². The number of hydrogen-bond acceptors (Lipinski definition) is 14. The summed E-state index contributed by atoms with van der Waals surface area (Å²) in [6, 6.07) is -5.75. The van der Waals surface area contributed by atoms with Crippen molar-refractivity contribution < 1.29 is 67.7 Å². The van der Waals surface area contributed by atoms with Gasteiger partial charge in [0.2, 0.25) is 53.2 Å². The predicted octanol–water partition coefficient (Wildman–Crippen LogP) is -1.43. The van der Waals surface area contributed by atoms with Crippen LogP contribution in [0.2, 0.25) is 0 Å². The number of H-pyrrole nitrogens is 1. The average molecular weight is 1160 g/mol. The molecule has 1 aromatic carbocycles. The van der Waals surface area contributed by atoms with Gasteiger partial charge in [0.05, 0.1) is 24.9 Å². The molecule has 1 aromatic heterocycles. The Kier molecular flexibility index (Phi) is 29.7. The number of carbonyl (C=O) groups excluding carboxylic acids is 10. The molecule has 0 saturated carbocycles. The molecule has 28 nitrogen and oxygen atoms in total. The van der Waals surface area contributed by atoms with E-state index < -0.39 is 145 Å². The number of nitrogens with zero attached hydrogens (tertiary/aromatic N) is 1. The fraction of sp³-hybridized carbons (Fsp3) is 0.611. The summed E-state index contributed by atoms with van der Waals surface area (Å²) in [4.78, 5) is 167. The quantitative estimate of drug-likeness (QED) is 0.0159. The van der Waals surface area contributed by atoms with Gasteiger partial charge in [-0.15, -0.1) is 0 Å². The van der Waals surface area contributed by atoms with E-state index in [1.807, 2.05) is 25.1 Å². The van der Waals surface area contributed by atoms with Gasteiger partial charge in [-0.3, -0.25) is 57.7 Å². The minimum Gasteiger partial charge on any atom is -0.481 e. The maximum Gasteiger partial charge on any atom is 0.305 e. The molecule has 1 heterocycles. The van der Waals surface area contributed by atoms with Crippen molar-refractivity contribution in [3.8, 4) is 0 Å². The van der Waals surface area contributed by atoms with Crippen molar-refractivity contribution >= 4 is 88.3 Å². The van der Waals surface area contributed by atoms with E-state index in [0.717, 1.165) is 10.9 Å². The standard InChI is InChI=1S/C54H86N14O14/c1-9-29(7)41(26-69)67-50(79)38(22-31-25-60-34-16-12-11-14-32(31)34)63-48(77)36(20-27(3)4)62-51(80)39(23-43(71)72)65-49(78)37(21-28(5)6)66-53(82)45(30(8)10-2)68-52(81)40(24-44(73)74)64-47(76)35(17-18-42(56)70)61-46(75)33(55)15-13-19-59-54(57)58/h11-12,14,16,25-30,33,35-41,45,60H,9-10,13,15,17-24,55H2,1-8H3,(H2,56,70)(H,61,75)(H,62,80)(H,63,77)(H,64,76)(H,65,78)(H,66,82)(H,67,79)(H,68,81)(H,71,72)(H,73,74)(H4,57,58,59)/t29-,30-,33-,35-,36-,37-,38-,39-,40-,41+,45-/m0/s1. The van der Waals surface area contributed by atoms with E-state index in [4.69, 9.17) is 22.9 Å². The number of carboxylic acids is 2. The van der Waals surface area contributed by atoms with Gasteiger partial charge in [0.25, 0.3) is 0 Å². The van der Waals surface area contributed by atoms with Crippen molar-refractivity contribution in [2.75, 3.05) is 6.54 Å². The van der Waals surface area contributed by atoms with Crippen LogP contribution >= 0.6 is 0 Å². The van der Waals surface area contributed by atoms with Crippen LogP contribution in [0.5, 0.6) is 0 Å². The summed E-state index contributed by atoms with van der Waals surface area (Å²) in [5, 5.41) is 40.6. The van der Waals surface area contributed by atoms with Crippen molar-refractivity contribution in [1.82, 2.24) is 47.5 Å². The lowest BCUT2D eigenvalue weighted by Crippen LogP contribution is -2.61. The molecule has 456 valence electrons. The van der Waals surface area contributed by atoms with E-state index in [0.29, 0.717) is 18.3 Å². The van der Waals surface area contributed by atoms with Crippen LogP contribution in [-0.2, 0) is 64.0 Å². The molecule has 0 aliphatic heterocycles. The summed E-state index contributed by atoms with van der Waals surface area (Å²) in [6.07, 6.45) is 0.418. The molecule has 2 aromatic rings. The lowest BCUT2D eigenvalue weighted by atomic mass is 9.96. The Morgan fingerprint density at radius 2 is 1.05 bits per heavy atom. The molecule has 2 rings (SSSR count). The molecule has 0 aliphatic carbocycles. The van der Waals surface area contributed by atoms with E-state index in [-0.39, 0.29) is 75.2 Å². The fourth-order valence-corrected chi connectivity index (χ4v) is 8.52. The molecule has 0 unspecified atom stereocenters. The van der Waals surface area contributed by atoms with Gasteiger partial charge in [-0.2, -0.15) is 0 Å². The van der Waals surface area contributed by atoms with Crippen LogP contribution < -0.4 is 65.5 Å². The van der Waals surface area contributed by atoms with Crippen LogP contribution in [0.4, 0.5) is 0 Å². The van der Waals surface area contributed by atoms with E-state index in [2.05, 4.69) is 52.5 Å². The third kappa shape index (κ3) is 24.3. The molecular weight excluding hydrogens is 1070 g/mol. The number of primary amides is 1. The van der Waals surface area contributed by atoms with Crippen molar-refractivity contribution in [3.05, 3.63) is 36.0 Å². The third-order valence-corrected chi connectivity index (χ3v) is 13.6. The monoisotopic (exact) mass is 1150 g/mol. The van der Waals surface area contributed by atoms with Crippen molar-refractivity contribution in [3.63, 3.8) is 0 Å². The van der Waals surface area contributed by atoms with E-state index in [9.17, 15) is 67.7 Å². The summed E-state index contributed by atoms with van der Waals surface area (Å²) in [5.41, 5.74) is 23.4. The number of aldehydes is 1. The Labute approximate surface area is 476 Å². The smallest absolute Gasteiger partial charge is 0.305 e.